The molecule has 0 saturated heterocycles. The summed E-state index contributed by atoms with van der Waals surface area (Å²) in [6, 6.07) is 26.1. The van der Waals surface area contributed by atoms with Gasteiger partial charge in [0, 0.05) is 0 Å². The maximum atomic E-state index is 5.78. The SMILES string of the molecule is Cc1ccccc1N/N=C\c1ccc(OCc2ccccc2)cc1. The number of nitrogens with one attached hydrogen (secondary N) is 1. The van der Waals surface area contributed by atoms with Crippen molar-refractivity contribution in [1.29, 1.82) is 0 Å². The number of hydrazone groups is 1. The fourth-order valence-corrected chi connectivity index (χ4v) is 2.27. The predicted molar refractivity (Wildman–Crippen MR) is 99.6 cm³/mol. The van der Waals surface area contributed by atoms with E-state index < -0.39 is 0 Å². The molecule has 0 aromatic heterocycles. The average Bonchev–Trinajstić information content (AvgIpc) is 2.63. The van der Waals surface area contributed by atoms with Crippen LogP contribution in [0, 0.1) is 6.92 Å². The first-order chi connectivity index (χ1) is 11.8. The Balaban J connectivity index is 1.54. The van der Waals surface area contributed by atoms with E-state index in [2.05, 4.69) is 35.7 Å². The van der Waals surface area contributed by atoms with Crippen molar-refractivity contribution in [3.8, 4) is 5.75 Å². The highest BCUT2D eigenvalue weighted by Crippen LogP contribution is 2.15. The Kier molecular flexibility index (Phi) is 5.25. The van der Waals surface area contributed by atoms with Crippen LogP contribution in [0.4, 0.5) is 5.69 Å². The van der Waals surface area contributed by atoms with E-state index in [-0.39, 0.29) is 0 Å². The van der Waals surface area contributed by atoms with Crippen molar-refractivity contribution in [3.63, 3.8) is 0 Å². The number of aryl methyl sites for hydroxylation is 1. The standard InChI is InChI=1S/C21H20N2O/c1-17-7-5-6-10-21(17)23-22-15-18-11-13-20(14-12-18)24-16-19-8-3-2-4-9-19/h2-15,23H,16H2,1H3/b22-15-. The molecule has 0 atom stereocenters. The average molecular weight is 316 g/mol. The number of rotatable bonds is 6. The summed E-state index contributed by atoms with van der Waals surface area (Å²) in [6.45, 7) is 2.62. The van der Waals surface area contributed by atoms with Crippen molar-refractivity contribution < 1.29 is 4.74 Å². The molecule has 0 aliphatic heterocycles. The molecule has 0 amide bonds. The van der Waals surface area contributed by atoms with Gasteiger partial charge in [-0.25, -0.2) is 0 Å². The van der Waals surface area contributed by atoms with Crippen LogP contribution in [-0.2, 0) is 6.61 Å². The zero-order valence-electron chi connectivity index (χ0n) is 13.6. The van der Waals surface area contributed by atoms with Crippen LogP contribution in [0.5, 0.6) is 5.75 Å². The highest BCUT2D eigenvalue weighted by molar-refractivity contribution is 5.80. The van der Waals surface area contributed by atoms with Gasteiger partial charge in [0.25, 0.3) is 0 Å². The second-order valence-corrected chi connectivity index (χ2v) is 5.53. The molecule has 3 heteroatoms. The van der Waals surface area contributed by atoms with Crippen LogP contribution >= 0.6 is 0 Å². The Morgan fingerprint density at radius 3 is 2.33 bits per heavy atom. The molecule has 1 N–H and O–H groups in total. The van der Waals surface area contributed by atoms with Gasteiger partial charge in [0.05, 0.1) is 11.9 Å². The second-order valence-electron chi connectivity index (χ2n) is 5.53. The molecule has 0 radical (unpaired) electrons. The van der Waals surface area contributed by atoms with E-state index in [9.17, 15) is 0 Å². The van der Waals surface area contributed by atoms with Crippen molar-refractivity contribution in [2.75, 3.05) is 5.43 Å². The smallest absolute Gasteiger partial charge is 0.119 e. The number of nitrogens with zero attached hydrogens (tertiary/aromatic N) is 1. The van der Waals surface area contributed by atoms with Crippen LogP contribution in [0.1, 0.15) is 16.7 Å². The van der Waals surface area contributed by atoms with Crippen molar-refractivity contribution in [2.45, 2.75) is 13.5 Å². The van der Waals surface area contributed by atoms with Crippen LogP contribution in [0.3, 0.4) is 0 Å². The molecule has 0 aliphatic rings. The van der Waals surface area contributed by atoms with Gasteiger partial charge in [-0.3, -0.25) is 5.43 Å². The number of hydrogen-bond acceptors (Lipinski definition) is 3. The summed E-state index contributed by atoms with van der Waals surface area (Å²) >= 11 is 0. The Hall–Kier alpha value is -3.07. The van der Waals surface area contributed by atoms with E-state index in [4.69, 9.17) is 4.74 Å². The second kappa shape index (κ2) is 7.97. The van der Waals surface area contributed by atoms with Crippen LogP contribution < -0.4 is 10.2 Å². The third-order valence-electron chi connectivity index (χ3n) is 3.67. The van der Waals surface area contributed by atoms with Gasteiger partial charge < -0.3 is 4.74 Å². The molecule has 0 saturated carbocycles. The zero-order chi connectivity index (χ0) is 16.6. The predicted octanol–water partition coefficient (Wildman–Crippen LogP) is 5.02. The Morgan fingerprint density at radius 2 is 1.58 bits per heavy atom. The van der Waals surface area contributed by atoms with Gasteiger partial charge in [-0.1, -0.05) is 48.5 Å². The number of anilines is 1. The molecule has 3 aromatic rings. The first-order valence-corrected chi connectivity index (χ1v) is 7.93. The minimum Gasteiger partial charge on any atom is -0.489 e. The largest absolute Gasteiger partial charge is 0.489 e. The van der Waals surface area contributed by atoms with Gasteiger partial charge in [0.1, 0.15) is 12.4 Å². The normalized spacial score (nSPS) is 10.7. The molecule has 3 nitrogen and oxygen atoms in total. The van der Waals surface area contributed by atoms with Crippen molar-refractivity contribution in [2.24, 2.45) is 5.10 Å². The summed E-state index contributed by atoms with van der Waals surface area (Å²) in [7, 11) is 0. The lowest BCUT2D eigenvalue weighted by Gasteiger charge is -2.06. The maximum absolute atomic E-state index is 5.78. The lowest BCUT2D eigenvalue weighted by Crippen LogP contribution is -1.95. The minimum atomic E-state index is 0.573. The van der Waals surface area contributed by atoms with Crippen LogP contribution in [0.2, 0.25) is 0 Å². The van der Waals surface area contributed by atoms with Crippen molar-refractivity contribution in [1.82, 2.24) is 0 Å². The van der Waals surface area contributed by atoms with Gasteiger partial charge in [0.15, 0.2) is 0 Å². The molecule has 24 heavy (non-hydrogen) atoms. The summed E-state index contributed by atoms with van der Waals surface area (Å²) in [6.07, 6.45) is 1.80. The van der Waals surface area contributed by atoms with E-state index in [1.165, 1.54) is 5.56 Å². The monoisotopic (exact) mass is 316 g/mol. The molecule has 0 heterocycles. The van der Waals surface area contributed by atoms with E-state index in [1.54, 1.807) is 6.21 Å². The summed E-state index contributed by atoms with van der Waals surface area (Å²) in [5, 5.41) is 4.28. The number of para-hydroxylation sites is 1. The fourth-order valence-electron chi connectivity index (χ4n) is 2.27. The summed E-state index contributed by atoms with van der Waals surface area (Å²) in [4.78, 5) is 0. The molecule has 0 bridgehead atoms. The van der Waals surface area contributed by atoms with Gasteiger partial charge in [0.2, 0.25) is 0 Å². The lowest BCUT2D eigenvalue weighted by atomic mass is 10.2. The first kappa shape index (κ1) is 15.8. The molecule has 3 aromatic carbocycles. The lowest BCUT2D eigenvalue weighted by molar-refractivity contribution is 0.306. The van der Waals surface area contributed by atoms with E-state index in [0.29, 0.717) is 6.61 Å². The molecule has 0 unspecified atom stereocenters. The van der Waals surface area contributed by atoms with Crippen molar-refractivity contribution >= 4 is 11.9 Å². The van der Waals surface area contributed by atoms with Crippen LogP contribution in [0.25, 0.3) is 0 Å². The quantitative estimate of drug-likeness (QED) is 0.512. The molecule has 3 rings (SSSR count). The number of benzene rings is 3. The summed E-state index contributed by atoms with van der Waals surface area (Å²) in [5.41, 5.74) is 7.41. The fraction of sp³-hybridized carbons (Fsp3) is 0.0952. The molecule has 0 aliphatic carbocycles. The van der Waals surface area contributed by atoms with E-state index >= 15 is 0 Å². The molecular formula is C21H20N2O. The number of hydrogen-bond donors (Lipinski definition) is 1. The van der Waals surface area contributed by atoms with Crippen LogP contribution in [-0.4, -0.2) is 6.21 Å². The highest BCUT2D eigenvalue weighted by atomic mass is 16.5. The Morgan fingerprint density at radius 1 is 0.875 bits per heavy atom. The molecule has 0 fully saturated rings. The Bertz CT molecular complexity index is 796. The third-order valence-corrected chi connectivity index (χ3v) is 3.67. The Labute approximate surface area is 142 Å². The van der Waals surface area contributed by atoms with Gasteiger partial charge in [-0.15, -0.1) is 0 Å². The van der Waals surface area contributed by atoms with Gasteiger partial charge in [-0.05, 0) is 53.9 Å². The highest BCUT2D eigenvalue weighted by Gasteiger charge is 1.96. The maximum Gasteiger partial charge on any atom is 0.119 e. The van der Waals surface area contributed by atoms with Crippen molar-refractivity contribution in [3.05, 3.63) is 95.6 Å². The van der Waals surface area contributed by atoms with Gasteiger partial charge >= 0.3 is 0 Å². The van der Waals surface area contributed by atoms with Gasteiger partial charge in [-0.2, -0.15) is 5.10 Å². The molecule has 120 valence electrons. The third kappa shape index (κ3) is 4.46. The topological polar surface area (TPSA) is 33.6 Å². The molecular weight excluding hydrogens is 296 g/mol. The van der Waals surface area contributed by atoms with E-state index in [0.717, 1.165) is 22.6 Å². The van der Waals surface area contributed by atoms with Crippen LogP contribution in [0.15, 0.2) is 84.0 Å². The minimum absolute atomic E-state index is 0.573. The molecule has 0 spiro atoms. The summed E-state index contributed by atoms with van der Waals surface area (Å²) in [5.74, 6) is 0.850. The first-order valence-electron chi connectivity index (χ1n) is 7.93. The number of ether oxygens (including phenoxy) is 1. The van der Waals surface area contributed by atoms with E-state index in [1.807, 2.05) is 60.7 Å². The summed E-state index contributed by atoms with van der Waals surface area (Å²) < 4.78 is 5.78. The zero-order valence-corrected chi connectivity index (χ0v) is 13.6.